The molecule has 6 heteroatoms. The van der Waals surface area contributed by atoms with Gasteiger partial charge in [0.25, 0.3) is 5.69 Å². The topological polar surface area (TPSA) is 83.7 Å². The second-order valence-electron chi connectivity index (χ2n) is 5.03. The van der Waals surface area contributed by atoms with Crippen molar-refractivity contribution in [3.8, 4) is 0 Å². The molecule has 19 heavy (non-hydrogen) atoms. The van der Waals surface area contributed by atoms with E-state index < -0.39 is 16.8 Å². The maximum Gasteiger partial charge on any atom is 0.308 e. The lowest BCUT2D eigenvalue weighted by Gasteiger charge is -2.20. The Balaban J connectivity index is 2.39. The van der Waals surface area contributed by atoms with E-state index in [4.69, 9.17) is 5.11 Å². The predicted octanol–water partition coefficient (Wildman–Crippen LogP) is 2.06. The van der Waals surface area contributed by atoms with Crippen molar-refractivity contribution in [3.05, 3.63) is 33.9 Å². The van der Waals surface area contributed by atoms with Crippen molar-refractivity contribution in [2.24, 2.45) is 11.8 Å². The number of nitro groups is 1. The molecular weight excluding hydrogens is 248 g/mol. The highest BCUT2D eigenvalue weighted by atomic mass is 16.6. The summed E-state index contributed by atoms with van der Waals surface area (Å²) in [6, 6.07) is 4.91. The van der Waals surface area contributed by atoms with Crippen LogP contribution in [-0.2, 0) is 4.79 Å². The first-order valence-electron chi connectivity index (χ1n) is 6.13. The van der Waals surface area contributed by atoms with Crippen molar-refractivity contribution in [1.29, 1.82) is 0 Å². The van der Waals surface area contributed by atoms with Crippen LogP contribution in [0, 0.1) is 28.9 Å². The zero-order valence-corrected chi connectivity index (χ0v) is 10.9. The summed E-state index contributed by atoms with van der Waals surface area (Å²) in [6.45, 7) is 4.52. The Morgan fingerprint density at radius 2 is 2.16 bits per heavy atom. The Labute approximate surface area is 110 Å². The van der Waals surface area contributed by atoms with E-state index in [0.717, 1.165) is 5.56 Å². The molecule has 6 nitrogen and oxygen atoms in total. The summed E-state index contributed by atoms with van der Waals surface area (Å²) in [4.78, 5) is 23.6. The van der Waals surface area contributed by atoms with E-state index in [-0.39, 0.29) is 11.6 Å². The normalized spacial score (nSPS) is 22.5. The van der Waals surface area contributed by atoms with Gasteiger partial charge in [-0.1, -0.05) is 19.1 Å². The Bertz CT molecular complexity index is 529. The van der Waals surface area contributed by atoms with Gasteiger partial charge in [0.05, 0.1) is 10.8 Å². The molecule has 1 fully saturated rings. The van der Waals surface area contributed by atoms with Crippen LogP contribution in [0.5, 0.6) is 0 Å². The molecule has 2 atom stereocenters. The van der Waals surface area contributed by atoms with Crippen molar-refractivity contribution in [2.75, 3.05) is 18.0 Å². The molecule has 0 spiro atoms. The summed E-state index contributed by atoms with van der Waals surface area (Å²) in [5.41, 5.74) is 1.38. The van der Waals surface area contributed by atoms with Crippen molar-refractivity contribution in [1.82, 2.24) is 0 Å². The highest BCUT2D eigenvalue weighted by molar-refractivity contribution is 5.75. The minimum Gasteiger partial charge on any atom is -0.481 e. The summed E-state index contributed by atoms with van der Waals surface area (Å²) < 4.78 is 0. The quantitative estimate of drug-likeness (QED) is 0.667. The molecule has 0 aromatic heterocycles. The van der Waals surface area contributed by atoms with Crippen LogP contribution in [0.4, 0.5) is 11.4 Å². The molecule has 1 heterocycles. The molecule has 0 amide bonds. The fraction of sp³-hybridized carbons (Fsp3) is 0.462. The third kappa shape index (κ3) is 2.38. The first kappa shape index (κ1) is 13.3. The van der Waals surface area contributed by atoms with Crippen LogP contribution < -0.4 is 4.90 Å². The number of carbonyl (C=O) groups is 1. The maximum absolute atomic E-state index is 11.1. The zero-order valence-electron chi connectivity index (χ0n) is 10.9. The lowest BCUT2D eigenvalue weighted by molar-refractivity contribution is -0.384. The molecule has 0 radical (unpaired) electrons. The van der Waals surface area contributed by atoms with E-state index >= 15 is 0 Å². The van der Waals surface area contributed by atoms with Gasteiger partial charge >= 0.3 is 5.97 Å². The lowest BCUT2D eigenvalue weighted by atomic mass is 9.99. The Morgan fingerprint density at radius 1 is 1.47 bits per heavy atom. The van der Waals surface area contributed by atoms with Gasteiger partial charge in [0.2, 0.25) is 0 Å². The van der Waals surface area contributed by atoms with E-state index in [1.54, 1.807) is 19.1 Å². The number of carboxylic acid groups (broad SMARTS) is 1. The van der Waals surface area contributed by atoms with Gasteiger partial charge in [0, 0.05) is 19.2 Å². The summed E-state index contributed by atoms with van der Waals surface area (Å²) in [6.07, 6.45) is 0. The third-order valence-electron chi connectivity index (χ3n) is 3.66. The molecule has 1 aliphatic rings. The van der Waals surface area contributed by atoms with E-state index in [1.807, 2.05) is 11.8 Å². The average molecular weight is 264 g/mol. The number of anilines is 1. The van der Waals surface area contributed by atoms with E-state index in [2.05, 4.69) is 0 Å². The molecule has 1 N–H and O–H groups in total. The van der Waals surface area contributed by atoms with Crippen LogP contribution in [0.3, 0.4) is 0 Å². The summed E-state index contributed by atoms with van der Waals surface area (Å²) in [5.74, 6) is -1.33. The number of benzene rings is 1. The average Bonchev–Trinajstić information content (AvgIpc) is 2.70. The molecule has 102 valence electrons. The van der Waals surface area contributed by atoms with Crippen LogP contribution in [0.1, 0.15) is 12.5 Å². The number of rotatable bonds is 3. The standard InChI is InChI=1S/C13H16N2O4/c1-8-4-3-5-11(15(18)19)12(8)14-6-9(2)10(7-14)13(16)17/h3-5,9-10H,6-7H2,1-2H3,(H,16,17). The van der Waals surface area contributed by atoms with Gasteiger partial charge in [-0.25, -0.2) is 0 Å². The molecule has 2 rings (SSSR count). The molecule has 1 aromatic rings. The number of nitrogens with zero attached hydrogens (tertiary/aromatic N) is 2. The van der Waals surface area contributed by atoms with E-state index in [9.17, 15) is 14.9 Å². The molecule has 0 saturated carbocycles. The van der Waals surface area contributed by atoms with Gasteiger partial charge in [0.1, 0.15) is 5.69 Å². The maximum atomic E-state index is 11.1. The molecule has 0 bridgehead atoms. The smallest absolute Gasteiger partial charge is 0.308 e. The number of aliphatic carboxylic acids is 1. The van der Waals surface area contributed by atoms with E-state index in [0.29, 0.717) is 18.8 Å². The van der Waals surface area contributed by atoms with Gasteiger partial charge in [-0.2, -0.15) is 0 Å². The van der Waals surface area contributed by atoms with Gasteiger partial charge in [-0.15, -0.1) is 0 Å². The Morgan fingerprint density at radius 3 is 2.68 bits per heavy atom. The molecule has 2 unspecified atom stereocenters. The van der Waals surface area contributed by atoms with Crippen LogP contribution in [-0.4, -0.2) is 29.1 Å². The number of nitro benzene ring substituents is 1. The largest absolute Gasteiger partial charge is 0.481 e. The fourth-order valence-electron chi connectivity index (χ4n) is 2.67. The van der Waals surface area contributed by atoms with Crippen molar-refractivity contribution in [3.63, 3.8) is 0 Å². The Hall–Kier alpha value is -2.11. The third-order valence-corrected chi connectivity index (χ3v) is 3.66. The van der Waals surface area contributed by atoms with Crippen molar-refractivity contribution in [2.45, 2.75) is 13.8 Å². The fourth-order valence-corrected chi connectivity index (χ4v) is 2.67. The molecule has 1 saturated heterocycles. The second-order valence-corrected chi connectivity index (χ2v) is 5.03. The number of carboxylic acids is 1. The second kappa shape index (κ2) is 4.87. The van der Waals surface area contributed by atoms with Crippen LogP contribution in [0.15, 0.2) is 18.2 Å². The highest BCUT2D eigenvalue weighted by Crippen LogP contribution is 2.36. The van der Waals surface area contributed by atoms with Crippen LogP contribution >= 0.6 is 0 Å². The van der Waals surface area contributed by atoms with Crippen molar-refractivity contribution >= 4 is 17.3 Å². The minimum absolute atomic E-state index is 0.0169. The molecule has 0 aliphatic carbocycles. The number of para-hydroxylation sites is 1. The number of aryl methyl sites for hydroxylation is 1. The van der Waals surface area contributed by atoms with Crippen LogP contribution in [0.2, 0.25) is 0 Å². The van der Waals surface area contributed by atoms with Gasteiger partial charge in [-0.05, 0) is 18.4 Å². The summed E-state index contributed by atoms with van der Waals surface area (Å²) in [7, 11) is 0. The summed E-state index contributed by atoms with van der Waals surface area (Å²) in [5, 5.41) is 20.2. The molecule has 1 aromatic carbocycles. The first-order chi connectivity index (χ1) is 8.91. The van der Waals surface area contributed by atoms with Gasteiger partial charge in [0.15, 0.2) is 0 Å². The summed E-state index contributed by atoms with van der Waals surface area (Å²) >= 11 is 0. The van der Waals surface area contributed by atoms with Gasteiger partial charge in [-0.3, -0.25) is 14.9 Å². The monoisotopic (exact) mass is 264 g/mol. The minimum atomic E-state index is -0.841. The van der Waals surface area contributed by atoms with Crippen molar-refractivity contribution < 1.29 is 14.8 Å². The van der Waals surface area contributed by atoms with Crippen LogP contribution in [0.25, 0.3) is 0 Å². The van der Waals surface area contributed by atoms with Gasteiger partial charge < -0.3 is 10.0 Å². The lowest BCUT2D eigenvalue weighted by Crippen LogP contribution is -2.24. The number of hydrogen-bond acceptors (Lipinski definition) is 4. The highest BCUT2D eigenvalue weighted by Gasteiger charge is 2.37. The molecular formula is C13H16N2O4. The zero-order chi connectivity index (χ0) is 14.2. The first-order valence-corrected chi connectivity index (χ1v) is 6.13. The van der Waals surface area contributed by atoms with E-state index in [1.165, 1.54) is 6.07 Å². The SMILES string of the molecule is Cc1cccc([N+](=O)[O-])c1N1CC(C)C(C(=O)O)C1. The molecule has 1 aliphatic heterocycles. The number of hydrogen-bond donors (Lipinski definition) is 1. The predicted molar refractivity (Wildman–Crippen MR) is 70.3 cm³/mol. The Kier molecular flexibility index (Phi) is 3.42.